The monoisotopic (exact) mass is 308 g/mol. The van der Waals surface area contributed by atoms with Crippen LogP contribution in [-0.4, -0.2) is 30.6 Å². The molecular weight excluding hydrogens is 288 g/mol. The van der Waals surface area contributed by atoms with Gasteiger partial charge < -0.3 is 15.2 Å². The number of urea groups is 1. The molecule has 22 heavy (non-hydrogen) atoms. The zero-order valence-corrected chi connectivity index (χ0v) is 12.8. The van der Waals surface area contributed by atoms with Crippen LogP contribution in [0.15, 0.2) is 24.3 Å². The van der Waals surface area contributed by atoms with Gasteiger partial charge in [-0.25, -0.2) is 9.59 Å². The number of aryl methyl sites for hydroxylation is 1. The first-order chi connectivity index (χ1) is 10.3. The summed E-state index contributed by atoms with van der Waals surface area (Å²) < 4.78 is 10.3. The lowest BCUT2D eigenvalue weighted by Gasteiger charge is -2.19. The maximum atomic E-state index is 11.8. The molecule has 120 valence electrons. The Morgan fingerprint density at radius 3 is 2.50 bits per heavy atom. The fourth-order valence-electron chi connectivity index (χ4n) is 1.71. The van der Waals surface area contributed by atoms with Crippen LogP contribution in [-0.2, 0) is 14.3 Å². The first kappa shape index (κ1) is 17.5. The maximum absolute atomic E-state index is 11.8. The molecule has 0 saturated carbocycles. The van der Waals surface area contributed by atoms with Crippen molar-refractivity contribution in [3.05, 3.63) is 29.8 Å². The minimum absolute atomic E-state index is 0.317. The smallest absolute Gasteiger partial charge is 0.344 e. The SMILES string of the molecule is Cc1cccc(OCC(=O)O[C@@H](C(=O)NC(N)=O)C(C)C)c1. The molecule has 0 bridgehead atoms. The van der Waals surface area contributed by atoms with Gasteiger partial charge in [0.1, 0.15) is 5.75 Å². The predicted octanol–water partition coefficient (Wildman–Crippen LogP) is 1.14. The van der Waals surface area contributed by atoms with Crippen molar-refractivity contribution >= 4 is 17.9 Å². The standard InChI is InChI=1S/C15H20N2O5/c1-9(2)13(14(19)17-15(16)20)22-12(18)8-21-11-6-4-5-10(3)7-11/h4-7,9,13H,8H2,1-3H3,(H3,16,17,19,20)/t13-/m1/s1. The number of hydrogen-bond acceptors (Lipinski definition) is 5. The Morgan fingerprint density at radius 2 is 1.95 bits per heavy atom. The largest absolute Gasteiger partial charge is 0.482 e. The second-order valence-electron chi connectivity index (χ2n) is 5.11. The molecule has 0 aliphatic rings. The Labute approximate surface area is 128 Å². The number of carbonyl (C=O) groups excluding carboxylic acids is 3. The van der Waals surface area contributed by atoms with Crippen LogP contribution in [0.4, 0.5) is 4.79 Å². The van der Waals surface area contributed by atoms with E-state index >= 15 is 0 Å². The lowest BCUT2D eigenvalue weighted by Crippen LogP contribution is -2.46. The Kier molecular flexibility index (Phi) is 6.37. The Morgan fingerprint density at radius 1 is 1.27 bits per heavy atom. The topological polar surface area (TPSA) is 108 Å². The molecule has 0 radical (unpaired) electrons. The number of carbonyl (C=O) groups is 3. The molecular formula is C15H20N2O5. The summed E-state index contributed by atoms with van der Waals surface area (Å²) >= 11 is 0. The van der Waals surface area contributed by atoms with Crippen LogP contribution in [0.1, 0.15) is 19.4 Å². The molecule has 0 heterocycles. The van der Waals surface area contributed by atoms with Gasteiger partial charge in [-0.3, -0.25) is 10.1 Å². The van der Waals surface area contributed by atoms with Crippen molar-refractivity contribution in [2.75, 3.05) is 6.61 Å². The van der Waals surface area contributed by atoms with Gasteiger partial charge in [0.25, 0.3) is 5.91 Å². The van der Waals surface area contributed by atoms with Gasteiger partial charge in [0.2, 0.25) is 0 Å². The number of hydrogen-bond donors (Lipinski definition) is 2. The first-order valence-electron chi connectivity index (χ1n) is 6.79. The van der Waals surface area contributed by atoms with E-state index in [0.29, 0.717) is 5.75 Å². The van der Waals surface area contributed by atoms with Gasteiger partial charge in [0.05, 0.1) is 0 Å². The Balaban J connectivity index is 2.56. The highest BCUT2D eigenvalue weighted by molar-refractivity contribution is 5.96. The molecule has 0 aromatic heterocycles. The van der Waals surface area contributed by atoms with Crippen molar-refractivity contribution in [2.45, 2.75) is 26.9 Å². The van der Waals surface area contributed by atoms with E-state index in [0.717, 1.165) is 5.56 Å². The number of amides is 3. The molecule has 0 aliphatic heterocycles. The summed E-state index contributed by atoms with van der Waals surface area (Å²) in [5.74, 6) is -1.26. The van der Waals surface area contributed by atoms with Crippen LogP contribution in [0.2, 0.25) is 0 Å². The fraction of sp³-hybridized carbons (Fsp3) is 0.400. The van der Waals surface area contributed by atoms with E-state index in [1.54, 1.807) is 32.0 Å². The average Bonchev–Trinajstić information content (AvgIpc) is 2.41. The third-order valence-electron chi connectivity index (χ3n) is 2.71. The number of esters is 1. The number of nitrogens with two attached hydrogens (primary N) is 1. The molecule has 7 nitrogen and oxygen atoms in total. The Bertz CT molecular complexity index is 557. The zero-order chi connectivity index (χ0) is 16.7. The molecule has 1 aromatic rings. The van der Waals surface area contributed by atoms with Gasteiger partial charge in [-0.2, -0.15) is 0 Å². The van der Waals surface area contributed by atoms with E-state index in [1.807, 2.05) is 18.3 Å². The van der Waals surface area contributed by atoms with Crippen LogP contribution >= 0.6 is 0 Å². The molecule has 1 aromatic carbocycles. The lowest BCUT2D eigenvalue weighted by atomic mass is 10.1. The number of benzene rings is 1. The fourth-order valence-corrected chi connectivity index (χ4v) is 1.71. The highest BCUT2D eigenvalue weighted by atomic mass is 16.6. The second-order valence-corrected chi connectivity index (χ2v) is 5.11. The van der Waals surface area contributed by atoms with Crippen LogP contribution in [0.25, 0.3) is 0 Å². The van der Waals surface area contributed by atoms with Crippen LogP contribution in [0, 0.1) is 12.8 Å². The van der Waals surface area contributed by atoms with Gasteiger partial charge in [0, 0.05) is 0 Å². The van der Waals surface area contributed by atoms with Gasteiger partial charge in [-0.1, -0.05) is 26.0 Å². The van der Waals surface area contributed by atoms with Gasteiger partial charge >= 0.3 is 12.0 Å². The van der Waals surface area contributed by atoms with Gasteiger partial charge in [-0.05, 0) is 30.5 Å². The molecule has 1 atom stereocenters. The molecule has 0 spiro atoms. The molecule has 7 heteroatoms. The van der Waals surface area contributed by atoms with Crippen molar-refractivity contribution in [1.29, 1.82) is 0 Å². The van der Waals surface area contributed by atoms with Gasteiger partial charge in [-0.15, -0.1) is 0 Å². The normalized spacial score (nSPS) is 11.6. The lowest BCUT2D eigenvalue weighted by molar-refractivity contribution is -0.160. The van der Waals surface area contributed by atoms with Crippen LogP contribution in [0.3, 0.4) is 0 Å². The van der Waals surface area contributed by atoms with Crippen molar-refractivity contribution in [2.24, 2.45) is 11.7 Å². The van der Waals surface area contributed by atoms with E-state index in [-0.39, 0.29) is 12.5 Å². The van der Waals surface area contributed by atoms with Gasteiger partial charge in [0.15, 0.2) is 12.7 Å². The molecule has 0 unspecified atom stereocenters. The summed E-state index contributed by atoms with van der Waals surface area (Å²) in [5.41, 5.74) is 5.87. The summed E-state index contributed by atoms with van der Waals surface area (Å²) in [7, 11) is 0. The summed E-state index contributed by atoms with van der Waals surface area (Å²) in [4.78, 5) is 34.2. The van der Waals surface area contributed by atoms with E-state index in [2.05, 4.69) is 0 Å². The summed E-state index contributed by atoms with van der Waals surface area (Å²) in [5, 5.41) is 1.89. The van der Waals surface area contributed by atoms with Crippen molar-refractivity contribution < 1.29 is 23.9 Å². The Hall–Kier alpha value is -2.57. The summed E-state index contributed by atoms with van der Waals surface area (Å²) in [6.45, 7) is 4.92. The average molecular weight is 308 g/mol. The summed E-state index contributed by atoms with van der Waals surface area (Å²) in [6, 6.07) is 6.18. The van der Waals surface area contributed by atoms with E-state index in [1.165, 1.54) is 0 Å². The number of rotatable bonds is 6. The number of ether oxygens (including phenoxy) is 2. The molecule has 1 rings (SSSR count). The van der Waals surface area contributed by atoms with Crippen molar-refractivity contribution in [3.63, 3.8) is 0 Å². The number of primary amides is 1. The summed E-state index contributed by atoms with van der Waals surface area (Å²) in [6.07, 6.45) is -1.11. The highest BCUT2D eigenvalue weighted by Gasteiger charge is 2.27. The highest BCUT2D eigenvalue weighted by Crippen LogP contribution is 2.13. The minimum Gasteiger partial charge on any atom is -0.482 e. The quantitative estimate of drug-likeness (QED) is 0.766. The molecule has 0 saturated heterocycles. The third kappa shape index (κ3) is 5.82. The van der Waals surface area contributed by atoms with E-state index in [9.17, 15) is 14.4 Å². The molecule has 0 fully saturated rings. The molecule has 3 N–H and O–H groups in total. The molecule has 3 amide bonds. The van der Waals surface area contributed by atoms with Crippen molar-refractivity contribution in [1.82, 2.24) is 5.32 Å². The zero-order valence-electron chi connectivity index (χ0n) is 12.8. The first-order valence-corrected chi connectivity index (χ1v) is 6.79. The maximum Gasteiger partial charge on any atom is 0.344 e. The number of nitrogens with one attached hydrogen (secondary N) is 1. The van der Waals surface area contributed by atoms with Crippen LogP contribution < -0.4 is 15.8 Å². The molecule has 0 aliphatic carbocycles. The number of imide groups is 1. The van der Waals surface area contributed by atoms with Crippen LogP contribution in [0.5, 0.6) is 5.75 Å². The minimum atomic E-state index is -1.11. The third-order valence-corrected chi connectivity index (χ3v) is 2.71. The van der Waals surface area contributed by atoms with E-state index < -0.39 is 24.0 Å². The second kappa shape index (κ2) is 8.02. The van der Waals surface area contributed by atoms with Crippen molar-refractivity contribution in [3.8, 4) is 5.75 Å². The predicted molar refractivity (Wildman–Crippen MR) is 79.1 cm³/mol. The van der Waals surface area contributed by atoms with E-state index in [4.69, 9.17) is 15.2 Å².